The molecule has 0 aliphatic carbocycles. The van der Waals surface area contributed by atoms with Crippen molar-refractivity contribution in [2.75, 3.05) is 24.6 Å². The predicted octanol–water partition coefficient (Wildman–Crippen LogP) is 1.39. The number of nitrogens with zero attached hydrogens (tertiary/aromatic N) is 1. The number of carboxylic acid groups (broad SMARTS) is 1. The van der Waals surface area contributed by atoms with Gasteiger partial charge in [0, 0.05) is 24.6 Å². The molecule has 5 nitrogen and oxygen atoms in total. The summed E-state index contributed by atoms with van der Waals surface area (Å²) in [6.07, 6.45) is 2.24. The number of hydrogen-bond donors (Lipinski definition) is 2. The van der Waals surface area contributed by atoms with Crippen LogP contribution < -0.4 is 5.32 Å². The number of urea groups is 1. The minimum Gasteiger partial charge on any atom is -0.480 e. The number of carboxylic acids is 1. The van der Waals surface area contributed by atoms with Crippen molar-refractivity contribution in [1.29, 1.82) is 0 Å². The van der Waals surface area contributed by atoms with Gasteiger partial charge in [-0.3, -0.25) is 0 Å². The second kappa shape index (κ2) is 7.42. The van der Waals surface area contributed by atoms with Crippen molar-refractivity contribution >= 4 is 23.8 Å². The van der Waals surface area contributed by atoms with Gasteiger partial charge in [-0.05, 0) is 6.42 Å². The normalized spacial score (nSPS) is 17.6. The molecule has 1 unspecified atom stereocenters. The molecule has 1 atom stereocenters. The van der Waals surface area contributed by atoms with E-state index >= 15 is 0 Å². The smallest absolute Gasteiger partial charge is 0.326 e. The standard InChI is InChI=1S/C11H20N2O3S/c1-2-3-4-9(10(14)15)12-11(16)13-5-7-17-8-6-13/h9H,2-8H2,1H3,(H,12,16)(H,14,15). The van der Waals surface area contributed by atoms with Gasteiger partial charge < -0.3 is 15.3 Å². The molecule has 0 aromatic rings. The highest BCUT2D eigenvalue weighted by atomic mass is 32.2. The lowest BCUT2D eigenvalue weighted by Crippen LogP contribution is -2.50. The van der Waals surface area contributed by atoms with Crippen LogP contribution in [-0.4, -0.2) is 52.6 Å². The van der Waals surface area contributed by atoms with Crippen LogP contribution in [0.25, 0.3) is 0 Å². The molecule has 0 spiro atoms. The lowest BCUT2D eigenvalue weighted by atomic mass is 10.1. The molecular formula is C11H20N2O3S. The third-order valence-corrected chi connectivity index (χ3v) is 3.68. The Labute approximate surface area is 106 Å². The highest BCUT2D eigenvalue weighted by molar-refractivity contribution is 7.99. The number of hydrogen-bond acceptors (Lipinski definition) is 3. The van der Waals surface area contributed by atoms with Crippen LogP contribution in [0.5, 0.6) is 0 Å². The predicted molar refractivity (Wildman–Crippen MR) is 68.4 cm³/mol. The number of aliphatic carboxylic acids is 1. The van der Waals surface area contributed by atoms with Crippen LogP contribution in [0.4, 0.5) is 4.79 Å². The van der Waals surface area contributed by atoms with Crippen LogP contribution in [0.2, 0.25) is 0 Å². The summed E-state index contributed by atoms with van der Waals surface area (Å²) in [6, 6.07) is -0.995. The topological polar surface area (TPSA) is 69.6 Å². The summed E-state index contributed by atoms with van der Waals surface area (Å²) in [7, 11) is 0. The Hall–Kier alpha value is -0.910. The van der Waals surface area contributed by atoms with Gasteiger partial charge in [0.15, 0.2) is 0 Å². The summed E-state index contributed by atoms with van der Waals surface area (Å²) in [5.74, 6) is 0.915. The second-order valence-corrected chi connectivity index (χ2v) is 5.31. The van der Waals surface area contributed by atoms with E-state index < -0.39 is 12.0 Å². The van der Waals surface area contributed by atoms with E-state index in [2.05, 4.69) is 5.32 Å². The van der Waals surface area contributed by atoms with Gasteiger partial charge in [-0.1, -0.05) is 19.8 Å². The van der Waals surface area contributed by atoms with Gasteiger partial charge in [-0.25, -0.2) is 9.59 Å². The highest BCUT2D eigenvalue weighted by Gasteiger charge is 2.23. The Balaban J connectivity index is 2.42. The van der Waals surface area contributed by atoms with Crippen LogP contribution in [0.15, 0.2) is 0 Å². The minimum atomic E-state index is -0.946. The molecule has 1 aliphatic heterocycles. The van der Waals surface area contributed by atoms with Gasteiger partial charge in [0.2, 0.25) is 0 Å². The molecule has 0 aromatic heterocycles. The quantitative estimate of drug-likeness (QED) is 0.783. The first kappa shape index (κ1) is 14.2. The van der Waals surface area contributed by atoms with E-state index in [1.165, 1.54) is 0 Å². The fourth-order valence-electron chi connectivity index (χ4n) is 1.67. The third-order valence-electron chi connectivity index (χ3n) is 2.74. The van der Waals surface area contributed by atoms with Crippen molar-refractivity contribution in [3.63, 3.8) is 0 Å². The van der Waals surface area contributed by atoms with Gasteiger partial charge in [0.05, 0.1) is 0 Å². The maximum absolute atomic E-state index is 11.8. The number of carbonyl (C=O) groups excluding carboxylic acids is 1. The van der Waals surface area contributed by atoms with Gasteiger partial charge >= 0.3 is 12.0 Å². The number of rotatable bonds is 5. The van der Waals surface area contributed by atoms with Crippen LogP contribution in [0.1, 0.15) is 26.2 Å². The first-order valence-corrected chi connectivity index (χ1v) is 7.16. The summed E-state index contributed by atoms with van der Waals surface area (Å²) in [5.41, 5.74) is 0. The minimum absolute atomic E-state index is 0.242. The van der Waals surface area contributed by atoms with Gasteiger partial charge in [0.1, 0.15) is 6.04 Å². The lowest BCUT2D eigenvalue weighted by Gasteiger charge is -2.28. The highest BCUT2D eigenvalue weighted by Crippen LogP contribution is 2.10. The van der Waals surface area contributed by atoms with Crippen molar-refractivity contribution in [1.82, 2.24) is 10.2 Å². The van der Waals surface area contributed by atoms with Gasteiger partial charge in [-0.15, -0.1) is 0 Å². The monoisotopic (exact) mass is 260 g/mol. The molecule has 98 valence electrons. The van der Waals surface area contributed by atoms with E-state index in [0.717, 1.165) is 24.3 Å². The number of thioether (sulfide) groups is 1. The zero-order valence-electron chi connectivity index (χ0n) is 10.1. The largest absolute Gasteiger partial charge is 0.480 e. The Kier molecular flexibility index (Phi) is 6.18. The average Bonchev–Trinajstić information content (AvgIpc) is 2.35. The third kappa shape index (κ3) is 4.85. The maximum Gasteiger partial charge on any atom is 0.326 e. The summed E-state index contributed by atoms with van der Waals surface area (Å²) in [5, 5.41) is 11.6. The summed E-state index contributed by atoms with van der Waals surface area (Å²) in [6.45, 7) is 3.41. The summed E-state index contributed by atoms with van der Waals surface area (Å²) >= 11 is 1.82. The molecule has 1 aliphatic rings. The molecule has 1 heterocycles. The molecule has 1 rings (SSSR count). The van der Waals surface area contributed by atoms with Crippen LogP contribution in [0.3, 0.4) is 0 Å². The summed E-state index contributed by atoms with van der Waals surface area (Å²) in [4.78, 5) is 24.5. The number of carbonyl (C=O) groups is 2. The summed E-state index contributed by atoms with van der Waals surface area (Å²) < 4.78 is 0. The van der Waals surface area contributed by atoms with Gasteiger partial charge in [-0.2, -0.15) is 11.8 Å². The van der Waals surface area contributed by atoms with Crippen molar-refractivity contribution < 1.29 is 14.7 Å². The van der Waals surface area contributed by atoms with Crippen molar-refractivity contribution in [2.45, 2.75) is 32.2 Å². The van der Waals surface area contributed by atoms with Crippen LogP contribution >= 0.6 is 11.8 Å². The molecule has 2 amide bonds. The van der Waals surface area contributed by atoms with E-state index in [1.54, 1.807) is 4.90 Å². The van der Waals surface area contributed by atoms with E-state index in [1.807, 2.05) is 18.7 Å². The molecule has 1 fully saturated rings. The van der Waals surface area contributed by atoms with Crippen LogP contribution in [-0.2, 0) is 4.79 Å². The fourth-order valence-corrected chi connectivity index (χ4v) is 2.58. The van der Waals surface area contributed by atoms with E-state index in [9.17, 15) is 9.59 Å². The fraction of sp³-hybridized carbons (Fsp3) is 0.818. The molecule has 0 bridgehead atoms. The van der Waals surface area contributed by atoms with E-state index in [-0.39, 0.29) is 6.03 Å². The molecule has 17 heavy (non-hydrogen) atoms. The molecule has 0 saturated carbocycles. The zero-order valence-corrected chi connectivity index (χ0v) is 11.0. The number of amides is 2. The molecule has 2 N–H and O–H groups in total. The Morgan fingerprint density at radius 1 is 1.41 bits per heavy atom. The van der Waals surface area contributed by atoms with Gasteiger partial charge in [0.25, 0.3) is 0 Å². The Morgan fingerprint density at radius 3 is 2.59 bits per heavy atom. The number of nitrogens with one attached hydrogen (secondary N) is 1. The maximum atomic E-state index is 11.8. The van der Waals surface area contributed by atoms with E-state index in [4.69, 9.17) is 5.11 Å². The average molecular weight is 260 g/mol. The zero-order chi connectivity index (χ0) is 12.7. The molecule has 0 aromatic carbocycles. The Morgan fingerprint density at radius 2 is 2.06 bits per heavy atom. The second-order valence-electron chi connectivity index (χ2n) is 4.08. The van der Waals surface area contributed by atoms with Crippen molar-refractivity contribution in [3.05, 3.63) is 0 Å². The van der Waals surface area contributed by atoms with Crippen molar-refractivity contribution in [2.24, 2.45) is 0 Å². The van der Waals surface area contributed by atoms with Crippen molar-refractivity contribution in [3.8, 4) is 0 Å². The Bertz CT molecular complexity index is 267. The first-order chi connectivity index (χ1) is 8.15. The molecule has 0 radical (unpaired) electrons. The molecule has 1 saturated heterocycles. The first-order valence-electron chi connectivity index (χ1n) is 6.01. The molecule has 6 heteroatoms. The lowest BCUT2D eigenvalue weighted by molar-refractivity contribution is -0.139. The molecular weight excluding hydrogens is 240 g/mol. The van der Waals surface area contributed by atoms with Crippen LogP contribution in [0, 0.1) is 0 Å². The van der Waals surface area contributed by atoms with E-state index in [0.29, 0.717) is 19.5 Å². The number of unbranched alkanes of at least 4 members (excludes halogenated alkanes) is 1. The SMILES string of the molecule is CCCCC(NC(=O)N1CCSCC1)C(=O)O.